The summed E-state index contributed by atoms with van der Waals surface area (Å²) >= 11 is 0.352. The molecular formula is C20H16N4O10S3. The Morgan fingerprint density at radius 2 is 1.68 bits per heavy atom. The normalized spacial score (nSPS) is 16.6. The van der Waals surface area contributed by atoms with Crippen LogP contribution in [0.3, 0.4) is 0 Å². The van der Waals surface area contributed by atoms with Gasteiger partial charge in [-0.3, -0.25) is 13.9 Å². The minimum absolute atomic E-state index is 0.0192. The van der Waals surface area contributed by atoms with Crippen LogP contribution in [0.2, 0.25) is 0 Å². The van der Waals surface area contributed by atoms with E-state index in [1.807, 2.05) is 0 Å². The van der Waals surface area contributed by atoms with Crippen LogP contribution in [0.1, 0.15) is 6.92 Å². The minimum atomic E-state index is -4.92. The summed E-state index contributed by atoms with van der Waals surface area (Å²) < 4.78 is 72.0. The van der Waals surface area contributed by atoms with E-state index in [-0.39, 0.29) is 21.4 Å². The standard InChI is InChI=1S/C20H16N4O10S3/c1-11-19(20(25)24(23-11)13-5-3-2-4-6-13)22-21-16-10-15-12(8-18(16)37(30,31)32)7-14(35-34-33-26)9-17(15)36(27,28)29/h2-10,19,26H,1H3,(H,27,28,29)(H,30,31,32). The van der Waals surface area contributed by atoms with Gasteiger partial charge in [0.15, 0.2) is 6.04 Å². The molecule has 1 amide bonds. The largest absolute Gasteiger partial charge is 0.296 e. The van der Waals surface area contributed by atoms with E-state index in [1.54, 1.807) is 30.3 Å². The highest BCUT2D eigenvalue weighted by molar-refractivity contribution is 7.94. The quantitative estimate of drug-likeness (QED) is 0.118. The summed E-state index contributed by atoms with van der Waals surface area (Å²) in [6.45, 7) is 1.52. The number of para-hydroxylation sites is 1. The maximum atomic E-state index is 12.9. The molecule has 1 atom stereocenters. The molecule has 0 radical (unpaired) electrons. The molecule has 0 spiro atoms. The van der Waals surface area contributed by atoms with Crippen LogP contribution in [-0.2, 0) is 34.4 Å². The van der Waals surface area contributed by atoms with Crippen LogP contribution in [0, 0.1) is 0 Å². The Kier molecular flexibility index (Phi) is 7.40. The summed E-state index contributed by atoms with van der Waals surface area (Å²) in [4.78, 5) is 11.4. The third-order valence-corrected chi connectivity index (χ3v) is 7.40. The lowest BCUT2D eigenvalue weighted by Gasteiger charge is -2.12. The number of azo groups is 1. The molecule has 0 saturated carbocycles. The van der Waals surface area contributed by atoms with E-state index < -0.39 is 47.7 Å². The van der Waals surface area contributed by atoms with Crippen molar-refractivity contribution in [3.63, 3.8) is 0 Å². The third kappa shape index (κ3) is 5.68. The van der Waals surface area contributed by atoms with Crippen molar-refractivity contribution < 1.29 is 45.4 Å². The van der Waals surface area contributed by atoms with E-state index in [4.69, 9.17) is 5.26 Å². The first-order valence-corrected chi connectivity index (χ1v) is 13.6. The van der Waals surface area contributed by atoms with E-state index in [0.29, 0.717) is 17.7 Å². The number of rotatable bonds is 8. The smallest absolute Gasteiger partial charge is 0.282 e. The van der Waals surface area contributed by atoms with E-state index >= 15 is 0 Å². The lowest BCUT2D eigenvalue weighted by Crippen LogP contribution is -2.29. The molecule has 0 saturated heterocycles. The zero-order valence-corrected chi connectivity index (χ0v) is 20.9. The molecule has 3 aromatic carbocycles. The number of hydrogen-bond acceptors (Lipinski definition) is 12. The van der Waals surface area contributed by atoms with E-state index in [2.05, 4.69) is 24.7 Å². The predicted molar refractivity (Wildman–Crippen MR) is 130 cm³/mol. The summed E-state index contributed by atoms with van der Waals surface area (Å²) in [5, 5.41) is 24.5. The summed E-state index contributed by atoms with van der Waals surface area (Å²) in [6, 6.07) is 11.3. The van der Waals surface area contributed by atoms with Crippen LogP contribution in [0.4, 0.5) is 11.4 Å². The monoisotopic (exact) mass is 568 g/mol. The molecular weight excluding hydrogens is 552 g/mol. The highest BCUT2D eigenvalue weighted by Gasteiger charge is 2.35. The van der Waals surface area contributed by atoms with Gasteiger partial charge in [0.25, 0.3) is 26.1 Å². The number of carbonyl (C=O) groups excluding carboxylic acids is 1. The van der Waals surface area contributed by atoms with Crippen LogP contribution in [0.5, 0.6) is 0 Å². The fourth-order valence-corrected chi connectivity index (χ4v) is 5.38. The Hall–Kier alpha value is -3.29. The molecule has 3 N–H and O–H groups in total. The SMILES string of the molecule is CC1=NN(c2ccccc2)C(=O)C1N=Nc1cc2c(S(=O)(=O)O)cc(SOOO)cc2cc1S(=O)(=O)O. The first kappa shape index (κ1) is 26.8. The number of benzene rings is 3. The molecule has 0 aromatic heterocycles. The molecule has 4 rings (SSSR count). The maximum Gasteiger partial charge on any atom is 0.296 e. The number of amides is 1. The molecule has 1 aliphatic rings. The first-order chi connectivity index (χ1) is 17.4. The van der Waals surface area contributed by atoms with E-state index in [1.165, 1.54) is 13.0 Å². The minimum Gasteiger partial charge on any atom is -0.282 e. The molecule has 14 nitrogen and oxygen atoms in total. The fourth-order valence-electron chi connectivity index (χ4n) is 3.48. The van der Waals surface area contributed by atoms with Gasteiger partial charge in [0.05, 0.1) is 23.4 Å². The van der Waals surface area contributed by atoms with Crippen molar-refractivity contribution in [3.8, 4) is 0 Å². The van der Waals surface area contributed by atoms with Gasteiger partial charge in [0.2, 0.25) is 0 Å². The summed E-state index contributed by atoms with van der Waals surface area (Å²) in [7, 11) is -9.79. The van der Waals surface area contributed by atoms with Crippen LogP contribution < -0.4 is 5.01 Å². The van der Waals surface area contributed by atoms with Gasteiger partial charge in [-0.25, -0.2) is 5.26 Å². The summed E-state index contributed by atoms with van der Waals surface area (Å²) in [5.41, 5.74) is 0.211. The van der Waals surface area contributed by atoms with Gasteiger partial charge < -0.3 is 0 Å². The zero-order chi connectivity index (χ0) is 27.0. The number of hydrazone groups is 1. The van der Waals surface area contributed by atoms with Crippen molar-refractivity contribution in [1.29, 1.82) is 0 Å². The molecule has 17 heteroatoms. The van der Waals surface area contributed by atoms with Crippen LogP contribution >= 0.6 is 12.0 Å². The van der Waals surface area contributed by atoms with Crippen molar-refractivity contribution in [2.75, 3.05) is 5.01 Å². The Labute approximate surface area is 213 Å². The molecule has 37 heavy (non-hydrogen) atoms. The van der Waals surface area contributed by atoms with Crippen molar-refractivity contribution in [1.82, 2.24) is 0 Å². The van der Waals surface area contributed by atoms with Gasteiger partial charge in [-0.1, -0.05) is 23.2 Å². The number of nitrogens with zero attached hydrogens (tertiary/aromatic N) is 4. The first-order valence-electron chi connectivity index (χ1n) is 9.96. The molecule has 1 heterocycles. The van der Waals surface area contributed by atoms with Crippen molar-refractivity contribution >= 4 is 66.0 Å². The summed E-state index contributed by atoms with van der Waals surface area (Å²) in [6.07, 6.45) is 0. The molecule has 1 unspecified atom stereocenters. The second-order valence-electron chi connectivity index (χ2n) is 7.48. The van der Waals surface area contributed by atoms with Gasteiger partial charge in [0, 0.05) is 10.3 Å². The highest BCUT2D eigenvalue weighted by atomic mass is 32.2. The van der Waals surface area contributed by atoms with Crippen molar-refractivity contribution in [2.24, 2.45) is 15.3 Å². The molecule has 0 fully saturated rings. The van der Waals surface area contributed by atoms with Gasteiger partial charge in [-0.15, -0.1) is 4.33 Å². The topological polar surface area (TPSA) is 205 Å². The average Bonchev–Trinajstić information content (AvgIpc) is 3.12. The Bertz CT molecular complexity index is 1660. The Morgan fingerprint density at radius 1 is 1.00 bits per heavy atom. The van der Waals surface area contributed by atoms with Crippen LogP contribution in [0.25, 0.3) is 10.8 Å². The lowest BCUT2D eigenvalue weighted by atomic mass is 10.1. The molecule has 194 valence electrons. The maximum absolute atomic E-state index is 12.9. The van der Waals surface area contributed by atoms with Crippen molar-refractivity contribution in [2.45, 2.75) is 27.7 Å². The molecule has 3 aromatic rings. The second-order valence-corrected chi connectivity index (χ2v) is 11.0. The van der Waals surface area contributed by atoms with Crippen molar-refractivity contribution in [3.05, 3.63) is 54.6 Å². The fraction of sp³-hybridized carbons (Fsp3) is 0.100. The highest BCUT2D eigenvalue weighted by Crippen LogP contribution is 2.37. The lowest BCUT2D eigenvalue weighted by molar-refractivity contribution is -0.432. The Morgan fingerprint density at radius 3 is 2.30 bits per heavy atom. The number of fused-ring (bicyclic) bond motifs is 1. The predicted octanol–water partition coefficient (Wildman–Crippen LogP) is 3.64. The van der Waals surface area contributed by atoms with Gasteiger partial charge in [-0.2, -0.15) is 37.2 Å². The molecule has 0 bridgehead atoms. The number of anilines is 1. The van der Waals surface area contributed by atoms with E-state index in [9.17, 15) is 30.7 Å². The number of carbonyl (C=O) groups is 1. The van der Waals surface area contributed by atoms with E-state index in [0.717, 1.165) is 23.2 Å². The van der Waals surface area contributed by atoms with Crippen LogP contribution in [-0.4, -0.2) is 48.9 Å². The molecule has 0 aliphatic carbocycles. The average molecular weight is 569 g/mol. The van der Waals surface area contributed by atoms with Gasteiger partial charge in [0.1, 0.15) is 15.5 Å². The Balaban J connectivity index is 1.83. The van der Waals surface area contributed by atoms with Gasteiger partial charge >= 0.3 is 0 Å². The number of hydrogen-bond donors (Lipinski definition) is 3. The summed E-state index contributed by atoms with van der Waals surface area (Å²) in [5.74, 6) is -0.576. The van der Waals surface area contributed by atoms with Gasteiger partial charge in [-0.05, 0) is 48.7 Å². The third-order valence-electron chi connectivity index (χ3n) is 5.06. The zero-order valence-electron chi connectivity index (χ0n) is 18.5. The second kappa shape index (κ2) is 10.2. The molecule has 1 aliphatic heterocycles. The van der Waals surface area contributed by atoms with Crippen LogP contribution in [0.15, 0.2) is 84.6 Å².